The van der Waals surface area contributed by atoms with E-state index in [1.54, 1.807) is 44.3 Å². The third-order valence-electron chi connectivity index (χ3n) is 3.05. The summed E-state index contributed by atoms with van der Waals surface area (Å²) in [5, 5.41) is 3.46. The van der Waals surface area contributed by atoms with Crippen LogP contribution in [0.1, 0.15) is 18.5 Å². The van der Waals surface area contributed by atoms with E-state index in [9.17, 15) is 8.42 Å². The first-order valence-electron chi connectivity index (χ1n) is 6.33. The Morgan fingerprint density at radius 1 is 1.19 bits per heavy atom. The number of nitrogens with zero attached hydrogens (tertiary/aromatic N) is 1. The number of anilines is 1. The number of pyridine rings is 1. The number of hydrogen-bond donors (Lipinski definition) is 2. The van der Waals surface area contributed by atoms with Crippen molar-refractivity contribution in [2.75, 3.05) is 12.4 Å². The molecule has 7 heteroatoms. The Kier molecular flexibility index (Phi) is 4.82. The summed E-state index contributed by atoms with van der Waals surface area (Å²) in [7, 11) is -2.00. The van der Waals surface area contributed by atoms with Gasteiger partial charge < -0.3 is 5.32 Å². The minimum Gasteiger partial charge on any atom is -0.387 e. The van der Waals surface area contributed by atoms with Crippen molar-refractivity contribution in [3.8, 4) is 0 Å². The minimum atomic E-state index is -3.67. The van der Waals surface area contributed by atoms with Gasteiger partial charge in [0.15, 0.2) is 0 Å². The van der Waals surface area contributed by atoms with Gasteiger partial charge >= 0.3 is 0 Å². The van der Waals surface area contributed by atoms with Gasteiger partial charge in [0, 0.05) is 30.5 Å². The topological polar surface area (TPSA) is 71.1 Å². The number of hydrogen-bond acceptors (Lipinski definition) is 4. The molecule has 0 aliphatic carbocycles. The number of sulfonamides is 1. The second-order valence-corrected chi connectivity index (χ2v) is 6.64. The molecule has 0 spiro atoms. The molecule has 0 saturated heterocycles. The van der Waals surface area contributed by atoms with Gasteiger partial charge in [-0.1, -0.05) is 23.7 Å². The first-order chi connectivity index (χ1) is 9.94. The highest BCUT2D eigenvalue weighted by Crippen LogP contribution is 2.22. The zero-order valence-corrected chi connectivity index (χ0v) is 13.2. The van der Waals surface area contributed by atoms with Gasteiger partial charge in [-0.3, -0.25) is 4.98 Å². The average molecular weight is 326 g/mol. The van der Waals surface area contributed by atoms with Crippen LogP contribution in [0.4, 0.5) is 5.69 Å². The molecule has 0 radical (unpaired) electrons. The van der Waals surface area contributed by atoms with Crippen LogP contribution in [-0.4, -0.2) is 20.4 Å². The van der Waals surface area contributed by atoms with Gasteiger partial charge in [0.25, 0.3) is 0 Å². The van der Waals surface area contributed by atoms with E-state index in [0.29, 0.717) is 10.7 Å². The van der Waals surface area contributed by atoms with Gasteiger partial charge in [-0.2, -0.15) is 0 Å². The first-order valence-corrected chi connectivity index (χ1v) is 8.19. The van der Waals surface area contributed by atoms with E-state index < -0.39 is 10.0 Å². The smallest absolute Gasteiger partial charge is 0.244 e. The summed E-state index contributed by atoms with van der Waals surface area (Å²) in [6, 6.07) is 8.27. The van der Waals surface area contributed by atoms with Gasteiger partial charge in [-0.15, -0.1) is 0 Å². The molecule has 2 aromatic rings. The number of aromatic nitrogens is 1. The molecular weight excluding hydrogens is 310 g/mol. The predicted octanol–water partition coefficient (Wildman–Crippen LogP) is 2.82. The van der Waals surface area contributed by atoms with E-state index in [4.69, 9.17) is 11.6 Å². The lowest BCUT2D eigenvalue weighted by Gasteiger charge is -2.16. The average Bonchev–Trinajstić information content (AvgIpc) is 2.47. The first kappa shape index (κ1) is 15.8. The fraction of sp³-hybridized carbons (Fsp3) is 0.214. The molecule has 21 heavy (non-hydrogen) atoms. The largest absolute Gasteiger partial charge is 0.387 e. The van der Waals surface area contributed by atoms with Gasteiger partial charge in [-0.05, 0) is 30.7 Å². The Morgan fingerprint density at radius 2 is 1.86 bits per heavy atom. The molecule has 0 fully saturated rings. The van der Waals surface area contributed by atoms with Crippen molar-refractivity contribution in [2.24, 2.45) is 0 Å². The van der Waals surface area contributed by atoms with E-state index in [1.165, 1.54) is 12.4 Å². The lowest BCUT2D eigenvalue weighted by molar-refractivity contribution is 0.567. The maximum Gasteiger partial charge on any atom is 0.244 e. The van der Waals surface area contributed by atoms with Crippen LogP contribution < -0.4 is 10.0 Å². The van der Waals surface area contributed by atoms with Crippen molar-refractivity contribution in [1.29, 1.82) is 0 Å². The maximum atomic E-state index is 12.4. The highest BCUT2D eigenvalue weighted by atomic mass is 35.5. The Balaban J connectivity index is 2.26. The SMILES string of the molecule is CNc1ccncc1S(=O)(=O)NC(C)c1ccc(Cl)cc1. The molecular formula is C14H16ClN3O2S. The molecule has 2 N–H and O–H groups in total. The third kappa shape index (κ3) is 3.72. The van der Waals surface area contributed by atoms with Crippen molar-refractivity contribution >= 4 is 27.3 Å². The van der Waals surface area contributed by atoms with E-state index in [2.05, 4.69) is 15.0 Å². The molecule has 1 atom stereocenters. The highest BCUT2D eigenvalue weighted by molar-refractivity contribution is 7.89. The van der Waals surface area contributed by atoms with Crippen molar-refractivity contribution < 1.29 is 8.42 Å². The lowest BCUT2D eigenvalue weighted by atomic mass is 10.1. The van der Waals surface area contributed by atoms with Gasteiger partial charge in [0.2, 0.25) is 10.0 Å². The molecule has 2 rings (SSSR count). The van der Waals surface area contributed by atoms with Crippen LogP contribution in [0.2, 0.25) is 5.02 Å². The van der Waals surface area contributed by atoms with Gasteiger partial charge in [0.1, 0.15) is 4.90 Å². The van der Waals surface area contributed by atoms with Gasteiger partial charge in [-0.25, -0.2) is 13.1 Å². The molecule has 0 aliphatic heterocycles. The standard InChI is InChI=1S/C14H16ClN3O2S/c1-10(11-3-5-12(15)6-4-11)18-21(19,20)14-9-17-8-7-13(14)16-2/h3-10,18H,1-2H3,(H,16,17). The van der Waals surface area contributed by atoms with Crippen LogP contribution in [0.5, 0.6) is 0 Å². The number of halogens is 1. The van der Waals surface area contributed by atoms with Crippen LogP contribution in [0.3, 0.4) is 0 Å². The molecule has 1 heterocycles. The minimum absolute atomic E-state index is 0.119. The third-order valence-corrected chi connectivity index (χ3v) is 4.87. The molecule has 0 saturated carbocycles. The van der Waals surface area contributed by atoms with E-state index in [1.807, 2.05) is 0 Å². The summed E-state index contributed by atoms with van der Waals surface area (Å²) in [5.74, 6) is 0. The summed E-state index contributed by atoms with van der Waals surface area (Å²) in [4.78, 5) is 3.99. The number of rotatable bonds is 5. The molecule has 5 nitrogen and oxygen atoms in total. The Hall–Kier alpha value is -1.63. The summed E-state index contributed by atoms with van der Waals surface area (Å²) in [5.41, 5.74) is 1.33. The van der Waals surface area contributed by atoms with E-state index in [-0.39, 0.29) is 10.9 Å². The van der Waals surface area contributed by atoms with Crippen LogP contribution in [0, 0.1) is 0 Å². The normalized spacial score (nSPS) is 12.9. The van der Waals surface area contributed by atoms with Crippen molar-refractivity contribution in [3.63, 3.8) is 0 Å². The Bertz CT molecular complexity index is 717. The zero-order chi connectivity index (χ0) is 15.5. The van der Waals surface area contributed by atoms with E-state index in [0.717, 1.165) is 5.56 Å². The van der Waals surface area contributed by atoms with Gasteiger partial charge in [0.05, 0.1) is 5.69 Å². The molecule has 0 aliphatic rings. The van der Waals surface area contributed by atoms with Crippen molar-refractivity contribution in [2.45, 2.75) is 17.9 Å². The monoisotopic (exact) mass is 325 g/mol. The quantitative estimate of drug-likeness (QED) is 0.886. The maximum absolute atomic E-state index is 12.4. The molecule has 0 bridgehead atoms. The summed E-state index contributed by atoms with van der Waals surface area (Å²) in [6.45, 7) is 1.77. The van der Waals surface area contributed by atoms with Crippen LogP contribution in [0.15, 0.2) is 47.6 Å². The van der Waals surface area contributed by atoms with Crippen LogP contribution >= 0.6 is 11.6 Å². The number of benzene rings is 1. The van der Waals surface area contributed by atoms with E-state index >= 15 is 0 Å². The molecule has 1 unspecified atom stereocenters. The molecule has 112 valence electrons. The summed E-state index contributed by atoms with van der Waals surface area (Å²) in [6.07, 6.45) is 2.86. The highest BCUT2D eigenvalue weighted by Gasteiger charge is 2.21. The summed E-state index contributed by atoms with van der Waals surface area (Å²) < 4.78 is 27.5. The fourth-order valence-electron chi connectivity index (χ4n) is 1.92. The fourth-order valence-corrected chi connectivity index (χ4v) is 3.43. The molecule has 1 aromatic carbocycles. The van der Waals surface area contributed by atoms with Crippen molar-refractivity contribution in [1.82, 2.24) is 9.71 Å². The Labute approximate surface area is 129 Å². The predicted molar refractivity (Wildman–Crippen MR) is 84.0 cm³/mol. The molecule has 1 aromatic heterocycles. The Morgan fingerprint density at radius 3 is 2.48 bits per heavy atom. The van der Waals surface area contributed by atoms with Crippen LogP contribution in [0.25, 0.3) is 0 Å². The molecule has 0 amide bonds. The van der Waals surface area contributed by atoms with Crippen LogP contribution in [-0.2, 0) is 10.0 Å². The van der Waals surface area contributed by atoms with Crippen molar-refractivity contribution in [3.05, 3.63) is 53.3 Å². The second kappa shape index (κ2) is 6.43. The number of nitrogens with one attached hydrogen (secondary N) is 2. The second-order valence-electron chi connectivity index (χ2n) is 4.52. The summed E-state index contributed by atoms with van der Waals surface area (Å²) >= 11 is 5.83. The zero-order valence-electron chi connectivity index (χ0n) is 11.7. The lowest BCUT2D eigenvalue weighted by Crippen LogP contribution is -2.27.